The van der Waals surface area contributed by atoms with Crippen molar-refractivity contribution in [2.75, 3.05) is 0 Å². The van der Waals surface area contributed by atoms with Gasteiger partial charge in [0.15, 0.2) is 4.80 Å². The molecule has 0 fully saturated rings. The molecule has 4 nitrogen and oxygen atoms in total. The van der Waals surface area contributed by atoms with E-state index in [1.54, 1.807) is 6.92 Å². The number of carbonyl (C=O) groups is 1. The van der Waals surface area contributed by atoms with Crippen molar-refractivity contribution in [2.24, 2.45) is 4.99 Å². The maximum Gasteiger partial charge on any atom is 0.311 e. The Bertz CT molecular complexity index is 671. The molecule has 0 aliphatic rings. The average Bonchev–Trinajstić information content (AvgIpc) is 2.75. The van der Waals surface area contributed by atoms with Crippen LogP contribution in [-0.4, -0.2) is 15.6 Å². The summed E-state index contributed by atoms with van der Waals surface area (Å²) < 4.78 is 2.06. The lowest BCUT2D eigenvalue weighted by molar-refractivity contribution is -0.138. The van der Waals surface area contributed by atoms with Crippen LogP contribution in [0, 0.1) is 6.92 Å². The van der Waals surface area contributed by atoms with Gasteiger partial charge >= 0.3 is 5.97 Å². The minimum atomic E-state index is -0.802. The molecule has 2 aromatic rings. The molecule has 1 aromatic heterocycles. The van der Waals surface area contributed by atoms with Crippen molar-refractivity contribution in [3.63, 3.8) is 0 Å². The standard InChI is InChI=1S/C15H18N2O2S/c1-4-17-11(3)13(10(2)14(18)19)20-15(17)16-12-8-6-5-7-9-12/h5-10H,4H2,1-3H3,(H,18,19)/b16-15+. The fraction of sp³-hybridized carbons (Fsp3) is 0.333. The fourth-order valence-corrected chi connectivity index (χ4v) is 3.35. The van der Waals surface area contributed by atoms with E-state index >= 15 is 0 Å². The van der Waals surface area contributed by atoms with Gasteiger partial charge in [0.05, 0.1) is 11.6 Å². The van der Waals surface area contributed by atoms with Gasteiger partial charge in [-0.3, -0.25) is 4.79 Å². The molecule has 1 N–H and O–H groups in total. The molecule has 1 unspecified atom stereocenters. The van der Waals surface area contributed by atoms with Crippen LogP contribution >= 0.6 is 11.3 Å². The summed E-state index contributed by atoms with van der Waals surface area (Å²) in [5.74, 6) is -1.30. The van der Waals surface area contributed by atoms with Gasteiger partial charge in [-0.25, -0.2) is 4.99 Å². The van der Waals surface area contributed by atoms with Crippen LogP contribution in [0.2, 0.25) is 0 Å². The van der Waals surface area contributed by atoms with Crippen LogP contribution in [0.5, 0.6) is 0 Å². The van der Waals surface area contributed by atoms with Crippen LogP contribution in [0.25, 0.3) is 0 Å². The normalized spacial score (nSPS) is 13.4. The van der Waals surface area contributed by atoms with Crippen molar-refractivity contribution in [1.29, 1.82) is 0 Å². The lowest BCUT2D eigenvalue weighted by atomic mass is 10.1. The molecule has 0 aliphatic carbocycles. The highest BCUT2D eigenvalue weighted by molar-refractivity contribution is 7.09. The van der Waals surface area contributed by atoms with E-state index in [-0.39, 0.29) is 0 Å². The largest absolute Gasteiger partial charge is 0.481 e. The number of aromatic nitrogens is 1. The van der Waals surface area contributed by atoms with Crippen LogP contribution in [-0.2, 0) is 11.3 Å². The van der Waals surface area contributed by atoms with E-state index < -0.39 is 11.9 Å². The van der Waals surface area contributed by atoms with E-state index in [2.05, 4.69) is 9.56 Å². The first-order valence-corrected chi connectivity index (χ1v) is 7.39. The highest BCUT2D eigenvalue weighted by Crippen LogP contribution is 2.23. The van der Waals surface area contributed by atoms with Crippen LogP contribution < -0.4 is 4.80 Å². The topological polar surface area (TPSA) is 54.6 Å². The van der Waals surface area contributed by atoms with Gasteiger partial charge in [-0.05, 0) is 32.9 Å². The SMILES string of the molecule is CCn1c(C)c(C(C)C(=O)O)s/c1=N/c1ccccc1. The minimum absolute atomic E-state index is 0.502. The number of para-hydroxylation sites is 1. The molecule has 0 saturated carbocycles. The zero-order chi connectivity index (χ0) is 14.7. The van der Waals surface area contributed by atoms with Crippen molar-refractivity contribution in [2.45, 2.75) is 33.2 Å². The molecular weight excluding hydrogens is 272 g/mol. The third-order valence-electron chi connectivity index (χ3n) is 3.25. The molecule has 1 heterocycles. The lowest BCUT2D eigenvalue weighted by Gasteiger charge is -2.06. The van der Waals surface area contributed by atoms with Gasteiger partial charge in [0.25, 0.3) is 0 Å². The molecule has 0 spiro atoms. The molecule has 0 radical (unpaired) electrons. The van der Waals surface area contributed by atoms with Gasteiger partial charge in [0.2, 0.25) is 0 Å². The second kappa shape index (κ2) is 6.05. The lowest BCUT2D eigenvalue weighted by Crippen LogP contribution is -2.14. The van der Waals surface area contributed by atoms with Crippen molar-refractivity contribution in [3.05, 3.63) is 45.7 Å². The first-order chi connectivity index (χ1) is 9.54. The summed E-state index contributed by atoms with van der Waals surface area (Å²) in [4.78, 5) is 17.5. The quantitative estimate of drug-likeness (QED) is 0.939. The Kier molecular flexibility index (Phi) is 4.39. The molecule has 0 bridgehead atoms. The number of hydrogen-bond acceptors (Lipinski definition) is 3. The molecule has 0 saturated heterocycles. The number of hydrogen-bond donors (Lipinski definition) is 1. The number of nitrogens with zero attached hydrogens (tertiary/aromatic N) is 2. The monoisotopic (exact) mass is 290 g/mol. The van der Waals surface area contributed by atoms with E-state index in [1.165, 1.54) is 11.3 Å². The zero-order valence-corrected chi connectivity index (χ0v) is 12.6. The summed E-state index contributed by atoms with van der Waals surface area (Å²) in [6, 6.07) is 9.71. The van der Waals surface area contributed by atoms with E-state index in [4.69, 9.17) is 0 Å². The van der Waals surface area contributed by atoms with Crippen molar-refractivity contribution < 1.29 is 9.90 Å². The van der Waals surface area contributed by atoms with E-state index in [1.807, 2.05) is 44.2 Å². The third-order valence-corrected chi connectivity index (χ3v) is 4.62. The minimum Gasteiger partial charge on any atom is -0.481 e. The highest BCUT2D eigenvalue weighted by atomic mass is 32.1. The molecule has 5 heteroatoms. The molecule has 0 amide bonds. The smallest absolute Gasteiger partial charge is 0.311 e. The van der Waals surface area contributed by atoms with Gasteiger partial charge in [0.1, 0.15) is 0 Å². The van der Waals surface area contributed by atoms with Crippen LogP contribution in [0.4, 0.5) is 5.69 Å². The Morgan fingerprint density at radius 1 is 1.40 bits per heavy atom. The predicted octanol–water partition coefficient (Wildman–Crippen LogP) is 3.30. The Morgan fingerprint density at radius 2 is 2.05 bits per heavy atom. The summed E-state index contributed by atoms with van der Waals surface area (Å²) in [6.45, 7) is 6.49. The van der Waals surface area contributed by atoms with Gasteiger partial charge in [-0.2, -0.15) is 0 Å². The van der Waals surface area contributed by atoms with Crippen molar-refractivity contribution in [1.82, 2.24) is 4.57 Å². The van der Waals surface area contributed by atoms with E-state index in [9.17, 15) is 9.90 Å². The number of aliphatic carboxylic acids is 1. The van der Waals surface area contributed by atoms with E-state index in [0.29, 0.717) is 0 Å². The molecule has 20 heavy (non-hydrogen) atoms. The Morgan fingerprint density at radius 3 is 2.60 bits per heavy atom. The molecule has 1 aromatic carbocycles. The second-order valence-electron chi connectivity index (χ2n) is 4.59. The number of carboxylic acid groups (broad SMARTS) is 1. The first kappa shape index (κ1) is 14.5. The van der Waals surface area contributed by atoms with Crippen molar-refractivity contribution >= 4 is 23.0 Å². The van der Waals surface area contributed by atoms with Gasteiger partial charge in [-0.1, -0.05) is 18.2 Å². The number of thiazole rings is 1. The molecule has 106 valence electrons. The number of carboxylic acids is 1. The summed E-state index contributed by atoms with van der Waals surface area (Å²) >= 11 is 1.46. The Hall–Kier alpha value is -1.88. The van der Waals surface area contributed by atoms with E-state index in [0.717, 1.165) is 27.6 Å². The van der Waals surface area contributed by atoms with Gasteiger partial charge in [-0.15, -0.1) is 11.3 Å². The third kappa shape index (κ3) is 2.82. The maximum atomic E-state index is 11.2. The summed E-state index contributed by atoms with van der Waals surface area (Å²) in [7, 11) is 0. The molecule has 0 aliphatic heterocycles. The van der Waals surface area contributed by atoms with Crippen LogP contribution in [0.3, 0.4) is 0 Å². The summed E-state index contributed by atoms with van der Waals surface area (Å²) in [5.41, 5.74) is 1.87. The van der Waals surface area contributed by atoms with Crippen LogP contribution in [0.1, 0.15) is 30.3 Å². The van der Waals surface area contributed by atoms with Crippen molar-refractivity contribution in [3.8, 4) is 0 Å². The molecular formula is C15H18N2O2S. The summed E-state index contributed by atoms with van der Waals surface area (Å²) in [5, 5.41) is 9.19. The maximum absolute atomic E-state index is 11.2. The van der Waals surface area contributed by atoms with Crippen LogP contribution in [0.15, 0.2) is 35.3 Å². The second-order valence-corrected chi connectivity index (χ2v) is 5.59. The van der Waals surface area contributed by atoms with Gasteiger partial charge in [0, 0.05) is 17.1 Å². The fourth-order valence-electron chi connectivity index (χ4n) is 2.09. The molecule has 2 rings (SSSR count). The number of rotatable bonds is 4. The summed E-state index contributed by atoms with van der Waals surface area (Å²) in [6.07, 6.45) is 0. The Balaban J connectivity index is 2.57. The zero-order valence-electron chi connectivity index (χ0n) is 11.8. The van der Waals surface area contributed by atoms with Gasteiger partial charge < -0.3 is 9.67 Å². The Labute approximate surface area is 122 Å². The number of benzene rings is 1. The first-order valence-electron chi connectivity index (χ1n) is 6.57. The highest BCUT2D eigenvalue weighted by Gasteiger charge is 2.20. The average molecular weight is 290 g/mol. The predicted molar refractivity (Wildman–Crippen MR) is 80.4 cm³/mol. The molecule has 1 atom stereocenters.